The van der Waals surface area contributed by atoms with E-state index in [9.17, 15) is 9.59 Å². The first-order valence-electron chi connectivity index (χ1n) is 5.56. The molecule has 2 amide bonds. The molecular formula is C11H15N3O3. The molecule has 1 aliphatic heterocycles. The van der Waals surface area contributed by atoms with E-state index in [-0.39, 0.29) is 17.6 Å². The van der Waals surface area contributed by atoms with Crippen molar-refractivity contribution in [1.29, 1.82) is 0 Å². The van der Waals surface area contributed by atoms with Crippen LogP contribution < -0.4 is 0 Å². The Bertz CT molecular complexity index is 433. The van der Waals surface area contributed by atoms with Gasteiger partial charge in [-0.25, -0.2) is 0 Å². The van der Waals surface area contributed by atoms with E-state index in [1.807, 2.05) is 0 Å². The summed E-state index contributed by atoms with van der Waals surface area (Å²) in [4.78, 5) is 26.5. The summed E-state index contributed by atoms with van der Waals surface area (Å²) in [5.41, 5.74) is 0.690. The van der Waals surface area contributed by atoms with Crippen LogP contribution in [0.3, 0.4) is 0 Å². The standard InChI is InChI=1S/C11H15N3O3/c1-8-7-10(17-12-8)11(16)14-5-3-13(4-6-14)9(2)15/h7H,3-6H2,1-2H3. The molecular weight excluding hydrogens is 222 g/mol. The fourth-order valence-corrected chi connectivity index (χ4v) is 1.84. The highest BCUT2D eigenvalue weighted by molar-refractivity contribution is 5.91. The van der Waals surface area contributed by atoms with Crippen LogP contribution in [0.1, 0.15) is 23.2 Å². The topological polar surface area (TPSA) is 66.7 Å². The molecule has 0 spiro atoms. The summed E-state index contributed by atoms with van der Waals surface area (Å²) in [5, 5.41) is 3.69. The van der Waals surface area contributed by atoms with Gasteiger partial charge in [-0.15, -0.1) is 0 Å². The third kappa shape index (κ3) is 2.46. The lowest BCUT2D eigenvalue weighted by atomic mass is 10.2. The lowest BCUT2D eigenvalue weighted by molar-refractivity contribution is -0.130. The molecule has 0 aliphatic carbocycles. The fraction of sp³-hybridized carbons (Fsp3) is 0.545. The molecule has 0 aromatic carbocycles. The Morgan fingerprint density at radius 3 is 2.29 bits per heavy atom. The number of rotatable bonds is 1. The Labute approximate surface area is 99.2 Å². The second-order valence-electron chi connectivity index (χ2n) is 4.13. The van der Waals surface area contributed by atoms with Crippen molar-refractivity contribution in [3.05, 3.63) is 17.5 Å². The molecule has 1 fully saturated rings. The first-order valence-corrected chi connectivity index (χ1v) is 5.56. The van der Waals surface area contributed by atoms with Gasteiger partial charge in [0.05, 0.1) is 5.69 Å². The molecule has 0 bridgehead atoms. The third-order valence-corrected chi connectivity index (χ3v) is 2.85. The quantitative estimate of drug-likeness (QED) is 0.704. The van der Waals surface area contributed by atoms with Crippen LogP contribution in [0.15, 0.2) is 10.6 Å². The number of carbonyl (C=O) groups is 2. The zero-order valence-electron chi connectivity index (χ0n) is 9.97. The first kappa shape index (κ1) is 11.6. The van der Waals surface area contributed by atoms with E-state index < -0.39 is 0 Å². The maximum atomic E-state index is 12.0. The van der Waals surface area contributed by atoms with Crippen LogP contribution in [0.2, 0.25) is 0 Å². The first-order chi connectivity index (χ1) is 8.08. The van der Waals surface area contributed by atoms with Crippen molar-refractivity contribution in [1.82, 2.24) is 15.0 Å². The summed E-state index contributed by atoms with van der Waals surface area (Å²) >= 11 is 0. The fourth-order valence-electron chi connectivity index (χ4n) is 1.84. The number of hydrogen-bond donors (Lipinski definition) is 0. The Kier molecular flexibility index (Phi) is 3.12. The van der Waals surface area contributed by atoms with Gasteiger partial charge in [0, 0.05) is 39.2 Å². The second-order valence-corrected chi connectivity index (χ2v) is 4.13. The summed E-state index contributed by atoms with van der Waals surface area (Å²) in [6.45, 7) is 5.55. The Morgan fingerprint density at radius 2 is 1.82 bits per heavy atom. The van der Waals surface area contributed by atoms with E-state index in [0.29, 0.717) is 31.9 Å². The minimum atomic E-state index is -0.159. The van der Waals surface area contributed by atoms with Gasteiger partial charge in [0.15, 0.2) is 0 Å². The molecule has 2 heterocycles. The van der Waals surface area contributed by atoms with Gasteiger partial charge in [-0.3, -0.25) is 9.59 Å². The molecule has 1 saturated heterocycles. The average Bonchev–Trinajstić information content (AvgIpc) is 2.75. The van der Waals surface area contributed by atoms with Gasteiger partial charge in [0.1, 0.15) is 0 Å². The molecule has 92 valence electrons. The molecule has 1 aliphatic rings. The molecule has 17 heavy (non-hydrogen) atoms. The largest absolute Gasteiger partial charge is 0.351 e. The van der Waals surface area contributed by atoms with Crippen molar-refractivity contribution in [3.63, 3.8) is 0 Å². The summed E-state index contributed by atoms with van der Waals surface area (Å²) in [6.07, 6.45) is 0. The molecule has 1 aromatic rings. The monoisotopic (exact) mass is 237 g/mol. The van der Waals surface area contributed by atoms with Crippen LogP contribution in [-0.4, -0.2) is 52.9 Å². The predicted octanol–water partition coefficient (Wildman–Crippen LogP) is 0.287. The van der Waals surface area contributed by atoms with Crippen LogP contribution in [0.25, 0.3) is 0 Å². The van der Waals surface area contributed by atoms with Crippen LogP contribution in [0.4, 0.5) is 0 Å². The van der Waals surface area contributed by atoms with E-state index in [1.165, 1.54) is 6.92 Å². The molecule has 2 rings (SSSR count). The van der Waals surface area contributed by atoms with Gasteiger partial charge in [-0.2, -0.15) is 0 Å². The Morgan fingerprint density at radius 1 is 1.24 bits per heavy atom. The van der Waals surface area contributed by atoms with Crippen molar-refractivity contribution in [3.8, 4) is 0 Å². The highest BCUT2D eigenvalue weighted by Crippen LogP contribution is 2.09. The zero-order chi connectivity index (χ0) is 12.4. The number of aromatic nitrogens is 1. The number of hydrogen-bond acceptors (Lipinski definition) is 4. The Hall–Kier alpha value is -1.85. The van der Waals surface area contributed by atoms with Gasteiger partial charge in [0.25, 0.3) is 5.91 Å². The van der Waals surface area contributed by atoms with Gasteiger partial charge in [0.2, 0.25) is 11.7 Å². The van der Waals surface area contributed by atoms with Gasteiger partial charge >= 0.3 is 0 Å². The lowest BCUT2D eigenvalue weighted by Crippen LogP contribution is -2.50. The van der Waals surface area contributed by atoms with E-state index in [1.54, 1.807) is 22.8 Å². The van der Waals surface area contributed by atoms with Gasteiger partial charge < -0.3 is 14.3 Å². The van der Waals surface area contributed by atoms with E-state index >= 15 is 0 Å². The maximum absolute atomic E-state index is 12.0. The van der Waals surface area contributed by atoms with E-state index in [0.717, 1.165) is 0 Å². The minimum absolute atomic E-state index is 0.0487. The minimum Gasteiger partial charge on any atom is -0.351 e. The molecule has 6 heteroatoms. The Balaban J connectivity index is 1.97. The third-order valence-electron chi connectivity index (χ3n) is 2.85. The van der Waals surface area contributed by atoms with E-state index in [4.69, 9.17) is 4.52 Å². The highest BCUT2D eigenvalue weighted by atomic mass is 16.5. The van der Waals surface area contributed by atoms with Crippen molar-refractivity contribution in [2.75, 3.05) is 26.2 Å². The molecule has 0 unspecified atom stereocenters. The summed E-state index contributed by atoms with van der Waals surface area (Å²) in [6, 6.07) is 1.62. The maximum Gasteiger partial charge on any atom is 0.292 e. The molecule has 0 saturated carbocycles. The smallest absolute Gasteiger partial charge is 0.292 e. The van der Waals surface area contributed by atoms with Crippen molar-refractivity contribution in [2.24, 2.45) is 0 Å². The summed E-state index contributed by atoms with van der Waals surface area (Å²) in [5.74, 6) is 0.153. The number of nitrogens with zero attached hydrogens (tertiary/aromatic N) is 3. The zero-order valence-corrected chi connectivity index (χ0v) is 9.97. The molecule has 0 atom stereocenters. The average molecular weight is 237 g/mol. The van der Waals surface area contributed by atoms with Crippen molar-refractivity contribution >= 4 is 11.8 Å². The molecule has 1 aromatic heterocycles. The van der Waals surface area contributed by atoms with Crippen LogP contribution in [-0.2, 0) is 4.79 Å². The molecule has 0 N–H and O–H groups in total. The van der Waals surface area contributed by atoms with Gasteiger partial charge in [-0.1, -0.05) is 5.16 Å². The summed E-state index contributed by atoms with van der Waals surface area (Å²) < 4.78 is 4.93. The normalized spacial score (nSPS) is 16.1. The van der Waals surface area contributed by atoms with Crippen molar-refractivity contribution < 1.29 is 14.1 Å². The van der Waals surface area contributed by atoms with Crippen LogP contribution in [0.5, 0.6) is 0 Å². The van der Waals surface area contributed by atoms with Crippen LogP contribution in [0, 0.1) is 6.92 Å². The molecule has 6 nitrogen and oxygen atoms in total. The number of amides is 2. The predicted molar refractivity (Wildman–Crippen MR) is 59.4 cm³/mol. The SMILES string of the molecule is CC(=O)N1CCN(C(=O)c2cc(C)no2)CC1. The lowest BCUT2D eigenvalue weighted by Gasteiger charge is -2.33. The number of piperazine rings is 1. The second kappa shape index (κ2) is 4.57. The van der Waals surface area contributed by atoms with Crippen LogP contribution >= 0.6 is 0 Å². The highest BCUT2D eigenvalue weighted by Gasteiger charge is 2.25. The van der Waals surface area contributed by atoms with Crippen molar-refractivity contribution in [2.45, 2.75) is 13.8 Å². The summed E-state index contributed by atoms with van der Waals surface area (Å²) in [7, 11) is 0. The van der Waals surface area contributed by atoms with Gasteiger partial charge in [-0.05, 0) is 6.92 Å². The number of carbonyl (C=O) groups excluding carboxylic acids is 2. The molecule has 0 radical (unpaired) electrons. The van der Waals surface area contributed by atoms with E-state index in [2.05, 4.69) is 5.16 Å². The number of aryl methyl sites for hydroxylation is 1.